The number of rotatable bonds is 5. The van der Waals surface area contributed by atoms with Crippen molar-refractivity contribution in [2.24, 2.45) is 7.05 Å². The van der Waals surface area contributed by atoms with Crippen molar-refractivity contribution >= 4 is 0 Å². The number of aromatic nitrogens is 2. The molecule has 0 radical (unpaired) electrons. The number of halogens is 4. The lowest BCUT2D eigenvalue weighted by Crippen LogP contribution is -2.39. The topological polar surface area (TPSA) is 21.1 Å². The van der Waals surface area contributed by atoms with Crippen LogP contribution in [-0.2, 0) is 7.05 Å². The third-order valence-electron chi connectivity index (χ3n) is 3.81. The van der Waals surface area contributed by atoms with Gasteiger partial charge in [0.15, 0.2) is 0 Å². The number of piperidine rings is 1. The second-order valence-corrected chi connectivity index (χ2v) is 5.35. The Labute approximate surface area is 115 Å². The first-order valence-corrected chi connectivity index (χ1v) is 6.75. The Kier molecular flexibility index (Phi) is 4.67. The van der Waals surface area contributed by atoms with Gasteiger partial charge in [-0.3, -0.25) is 0 Å². The molecule has 1 atom stereocenters. The minimum Gasteiger partial charge on any atom is -0.338 e. The summed E-state index contributed by atoms with van der Waals surface area (Å²) >= 11 is 0. The van der Waals surface area contributed by atoms with Gasteiger partial charge in [-0.15, -0.1) is 0 Å². The molecule has 1 aliphatic heterocycles. The molecule has 1 saturated heterocycles. The van der Waals surface area contributed by atoms with Gasteiger partial charge in [0.1, 0.15) is 5.82 Å². The second kappa shape index (κ2) is 6.11. The second-order valence-electron chi connectivity index (χ2n) is 5.35. The quantitative estimate of drug-likeness (QED) is 0.778. The Morgan fingerprint density at radius 3 is 2.80 bits per heavy atom. The van der Waals surface area contributed by atoms with Crippen LogP contribution in [0.2, 0.25) is 0 Å². The predicted octanol–water partition coefficient (Wildman–Crippen LogP) is 2.89. The number of aryl methyl sites for hydroxylation is 1. The highest BCUT2D eigenvalue weighted by Crippen LogP contribution is 2.29. The average molecular weight is 293 g/mol. The van der Waals surface area contributed by atoms with Crippen molar-refractivity contribution in [1.82, 2.24) is 14.5 Å². The zero-order valence-corrected chi connectivity index (χ0v) is 11.4. The van der Waals surface area contributed by atoms with Crippen molar-refractivity contribution in [2.45, 2.75) is 37.5 Å². The van der Waals surface area contributed by atoms with Gasteiger partial charge >= 0.3 is 12.3 Å². The van der Waals surface area contributed by atoms with E-state index in [1.807, 2.05) is 22.7 Å². The molecular weight excluding hydrogens is 274 g/mol. The zero-order valence-electron chi connectivity index (χ0n) is 11.4. The SMILES string of the molecule is Cn1ccnc1[C@H]1CCCN(CCC(F)(F)C(F)F)C1. The van der Waals surface area contributed by atoms with Gasteiger partial charge in [0.25, 0.3) is 0 Å². The van der Waals surface area contributed by atoms with E-state index in [2.05, 4.69) is 4.98 Å². The minimum atomic E-state index is -3.89. The standard InChI is InChI=1S/C13H19F4N3/c1-19-8-5-18-11(19)10-3-2-6-20(9-10)7-4-13(16,17)12(14)15/h5,8,10,12H,2-4,6-7,9H2,1H3/t10-/m0/s1. The monoisotopic (exact) mass is 293 g/mol. The Morgan fingerprint density at radius 1 is 1.45 bits per heavy atom. The fraction of sp³-hybridized carbons (Fsp3) is 0.769. The highest BCUT2D eigenvalue weighted by atomic mass is 19.3. The predicted molar refractivity (Wildman–Crippen MR) is 67.2 cm³/mol. The summed E-state index contributed by atoms with van der Waals surface area (Å²) < 4.78 is 52.1. The van der Waals surface area contributed by atoms with Gasteiger partial charge in [0.05, 0.1) is 0 Å². The van der Waals surface area contributed by atoms with E-state index in [9.17, 15) is 17.6 Å². The minimum absolute atomic E-state index is 0.00172. The van der Waals surface area contributed by atoms with E-state index in [0.717, 1.165) is 18.7 Å². The first kappa shape index (κ1) is 15.3. The lowest BCUT2D eigenvalue weighted by molar-refractivity contribution is -0.136. The zero-order chi connectivity index (χ0) is 14.8. The Hall–Kier alpha value is -1.11. The molecule has 0 aliphatic carbocycles. The molecule has 1 fully saturated rings. The average Bonchev–Trinajstić information content (AvgIpc) is 2.83. The fourth-order valence-electron chi connectivity index (χ4n) is 2.66. The molecule has 1 aliphatic rings. The van der Waals surface area contributed by atoms with Gasteiger partial charge in [-0.25, -0.2) is 22.5 Å². The molecular formula is C13H19F4N3. The highest BCUT2D eigenvalue weighted by Gasteiger charge is 2.40. The summed E-state index contributed by atoms with van der Waals surface area (Å²) in [5.41, 5.74) is 0. The number of nitrogens with zero attached hydrogens (tertiary/aromatic N) is 3. The Morgan fingerprint density at radius 2 is 2.20 bits per heavy atom. The molecule has 0 N–H and O–H groups in total. The van der Waals surface area contributed by atoms with E-state index in [-0.39, 0.29) is 12.5 Å². The number of hydrogen-bond acceptors (Lipinski definition) is 2. The van der Waals surface area contributed by atoms with E-state index in [4.69, 9.17) is 0 Å². The molecule has 2 rings (SSSR count). The van der Waals surface area contributed by atoms with Gasteiger partial charge in [-0.1, -0.05) is 0 Å². The summed E-state index contributed by atoms with van der Waals surface area (Å²) in [4.78, 5) is 6.11. The van der Waals surface area contributed by atoms with E-state index < -0.39 is 18.8 Å². The van der Waals surface area contributed by atoms with Crippen molar-refractivity contribution in [3.8, 4) is 0 Å². The number of likely N-dealkylation sites (tertiary alicyclic amines) is 1. The van der Waals surface area contributed by atoms with Gasteiger partial charge < -0.3 is 9.47 Å². The molecule has 1 aromatic heterocycles. The van der Waals surface area contributed by atoms with Crippen molar-refractivity contribution in [1.29, 1.82) is 0 Å². The summed E-state index contributed by atoms with van der Waals surface area (Å²) in [5.74, 6) is -2.78. The first-order chi connectivity index (χ1) is 9.40. The van der Waals surface area contributed by atoms with Gasteiger partial charge in [0, 0.05) is 44.9 Å². The number of alkyl halides is 4. The largest absolute Gasteiger partial charge is 0.338 e. The van der Waals surface area contributed by atoms with E-state index >= 15 is 0 Å². The van der Waals surface area contributed by atoms with Crippen molar-refractivity contribution in [2.75, 3.05) is 19.6 Å². The van der Waals surface area contributed by atoms with Crippen molar-refractivity contribution in [3.05, 3.63) is 18.2 Å². The molecule has 7 heteroatoms. The van der Waals surface area contributed by atoms with Crippen molar-refractivity contribution in [3.63, 3.8) is 0 Å². The molecule has 20 heavy (non-hydrogen) atoms. The van der Waals surface area contributed by atoms with Gasteiger partial charge in [-0.05, 0) is 19.4 Å². The van der Waals surface area contributed by atoms with Crippen LogP contribution in [0.15, 0.2) is 12.4 Å². The fourth-order valence-corrected chi connectivity index (χ4v) is 2.66. The molecule has 0 spiro atoms. The molecule has 0 amide bonds. The van der Waals surface area contributed by atoms with E-state index in [1.165, 1.54) is 0 Å². The lowest BCUT2D eigenvalue weighted by Gasteiger charge is -2.33. The summed E-state index contributed by atoms with van der Waals surface area (Å²) in [6.07, 6.45) is 0.999. The molecule has 0 unspecified atom stereocenters. The molecule has 3 nitrogen and oxygen atoms in total. The first-order valence-electron chi connectivity index (χ1n) is 6.75. The number of imidazole rings is 1. The number of hydrogen-bond donors (Lipinski definition) is 0. The highest BCUT2D eigenvalue weighted by molar-refractivity contribution is 5.02. The van der Waals surface area contributed by atoms with Gasteiger partial charge in [-0.2, -0.15) is 0 Å². The molecule has 114 valence electrons. The third-order valence-corrected chi connectivity index (χ3v) is 3.81. The van der Waals surface area contributed by atoms with Crippen molar-refractivity contribution < 1.29 is 17.6 Å². The van der Waals surface area contributed by atoms with Crippen LogP contribution in [0.5, 0.6) is 0 Å². The molecule has 1 aromatic rings. The van der Waals surface area contributed by atoms with E-state index in [0.29, 0.717) is 13.1 Å². The lowest BCUT2D eigenvalue weighted by atomic mass is 9.97. The molecule has 0 aromatic carbocycles. The van der Waals surface area contributed by atoms with Crippen LogP contribution in [-0.4, -0.2) is 46.4 Å². The molecule has 0 saturated carbocycles. The van der Waals surface area contributed by atoms with Crippen LogP contribution in [0.1, 0.15) is 31.0 Å². The summed E-state index contributed by atoms with van der Waals surface area (Å²) in [5, 5.41) is 0. The summed E-state index contributed by atoms with van der Waals surface area (Å²) in [6, 6.07) is 0. The smallest absolute Gasteiger partial charge is 0.308 e. The maximum Gasteiger partial charge on any atom is 0.308 e. The van der Waals surface area contributed by atoms with Crippen LogP contribution in [0.25, 0.3) is 0 Å². The Balaban J connectivity index is 1.90. The van der Waals surface area contributed by atoms with Crippen LogP contribution in [0.4, 0.5) is 17.6 Å². The third kappa shape index (κ3) is 3.50. The summed E-state index contributed by atoms with van der Waals surface area (Å²) in [7, 11) is 1.90. The van der Waals surface area contributed by atoms with Crippen LogP contribution >= 0.6 is 0 Å². The van der Waals surface area contributed by atoms with Crippen LogP contribution < -0.4 is 0 Å². The maximum atomic E-state index is 12.9. The van der Waals surface area contributed by atoms with Gasteiger partial charge in [0.2, 0.25) is 0 Å². The summed E-state index contributed by atoms with van der Waals surface area (Å²) in [6.45, 7) is 1.28. The van der Waals surface area contributed by atoms with E-state index in [1.54, 1.807) is 6.20 Å². The molecule has 0 bridgehead atoms. The molecule has 2 heterocycles. The normalized spacial score (nSPS) is 21.6. The Bertz CT molecular complexity index is 433. The van der Waals surface area contributed by atoms with Crippen LogP contribution in [0, 0.1) is 0 Å². The van der Waals surface area contributed by atoms with Crippen LogP contribution in [0.3, 0.4) is 0 Å². The maximum absolute atomic E-state index is 12.9.